The van der Waals surface area contributed by atoms with Crippen LogP contribution >= 0.6 is 0 Å². The standard InChI is InChI=1S/C19H21NO5/c1-23-16-5-3-14(4-6-16)9-10-20-19(22)13-25-18-8-7-17(24-2)11-15(18)12-21/h3-8,11-12H,9-10,13H2,1-2H3,(H,20,22). The molecule has 0 fully saturated rings. The number of hydrogen-bond donors (Lipinski definition) is 1. The molecule has 0 aliphatic rings. The van der Waals surface area contributed by atoms with Crippen LogP contribution in [0.4, 0.5) is 0 Å². The smallest absolute Gasteiger partial charge is 0.257 e. The van der Waals surface area contributed by atoms with Crippen LogP contribution in [-0.2, 0) is 11.2 Å². The Morgan fingerprint density at radius 1 is 1.04 bits per heavy atom. The molecular formula is C19H21NO5. The van der Waals surface area contributed by atoms with E-state index < -0.39 is 0 Å². The minimum absolute atomic E-state index is 0.157. The number of aldehydes is 1. The van der Waals surface area contributed by atoms with E-state index in [1.807, 2.05) is 24.3 Å². The summed E-state index contributed by atoms with van der Waals surface area (Å²) in [6, 6.07) is 12.5. The van der Waals surface area contributed by atoms with E-state index in [9.17, 15) is 9.59 Å². The van der Waals surface area contributed by atoms with Crippen molar-refractivity contribution in [1.82, 2.24) is 5.32 Å². The molecule has 2 aromatic rings. The molecule has 0 aliphatic heterocycles. The Morgan fingerprint density at radius 3 is 2.36 bits per heavy atom. The van der Waals surface area contributed by atoms with Crippen molar-refractivity contribution in [2.75, 3.05) is 27.4 Å². The van der Waals surface area contributed by atoms with Gasteiger partial charge in [0.15, 0.2) is 12.9 Å². The molecule has 0 saturated carbocycles. The lowest BCUT2D eigenvalue weighted by Crippen LogP contribution is -2.30. The van der Waals surface area contributed by atoms with Crippen molar-refractivity contribution in [2.24, 2.45) is 0 Å². The largest absolute Gasteiger partial charge is 0.497 e. The Bertz CT molecular complexity index is 712. The fourth-order valence-corrected chi connectivity index (χ4v) is 2.21. The molecule has 0 spiro atoms. The molecule has 6 nitrogen and oxygen atoms in total. The summed E-state index contributed by atoms with van der Waals surface area (Å²) in [6.45, 7) is 0.341. The van der Waals surface area contributed by atoms with Gasteiger partial charge in [0.2, 0.25) is 0 Å². The van der Waals surface area contributed by atoms with E-state index in [2.05, 4.69) is 5.32 Å². The number of nitrogens with one attached hydrogen (secondary N) is 1. The first-order valence-corrected chi connectivity index (χ1v) is 7.82. The van der Waals surface area contributed by atoms with E-state index in [1.54, 1.807) is 25.3 Å². The van der Waals surface area contributed by atoms with Crippen LogP contribution in [0.25, 0.3) is 0 Å². The number of methoxy groups -OCH3 is 2. The van der Waals surface area contributed by atoms with Crippen molar-refractivity contribution in [2.45, 2.75) is 6.42 Å². The highest BCUT2D eigenvalue weighted by Crippen LogP contribution is 2.22. The van der Waals surface area contributed by atoms with E-state index in [4.69, 9.17) is 14.2 Å². The van der Waals surface area contributed by atoms with Crippen LogP contribution in [0, 0.1) is 0 Å². The Labute approximate surface area is 146 Å². The summed E-state index contributed by atoms with van der Waals surface area (Å²) in [6.07, 6.45) is 1.37. The highest BCUT2D eigenvalue weighted by molar-refractivity contribution is 5.81. The summed E-state index contributed by atoms with van der Waals surface area (Å²) in [5, 5.41) is 2.78. The Morgan fingerprint density at radius 2 is 1.72 bits per heavy atom. The van der Waals surface area contributed by atoms with Gasteiger partial charge in [-0.1, -0.05) is 12.1 Å². The molecule has 25 heavy (non-hydrogen) atoms. The third-order valence-electron chi connectivity index (χ3n) is 3.60. The molecule has 1 amide bonds. The van der Waals surface area contributed by atoms with Crippen LogP contribution in [0.1, 0.15) is 15.9 Å². The van der Waals surface area contributed by atoms with Crippen molar-refractivity contribution in [3.8, 4) is 17.2 Å². The van der Waals surface area contributed by atoms with Crippen molar-refractivity contribution < 1.29 is 23.8 Å². The Balaban J connectivity index is 1.77. The highest BCUT2D eigenvalue weighted by Gasteiger charge is 2.08. The maximum absolute atomic E-state index is 11.9. The second-order valence-electron chi connectivity index (χ2n) is 5.26. The molecular weight excluding hydrogens is 322 g/mol. The summed E-state index contributed by atoms with van der Waals surface area (Å²) in [4.78, 5) is 22.9. The third kappa shape index (κ3) is 5.53. The van der Waals surface area contributed by atoms with Gasteiger partial charge < -0.3 is 19.5 Å². The Hall–Kier alpha value is -3.02. The van der Waals surface area contributed by atoms with Gasteiger partial charge >= 0.3 is 0 Å². The summed E-state index contributed by atoms with van der Waals surface area (Å²) in [5.41, 5.74) is 1.44. The predicted molar refractivity (Wildman–Crippen MR) is 93.6 cm³/mol. The number of carbonyl (C=O) groups is 2. The fourth-order valence-electron chi connectivity index (χ4n) is 2.21. The van der Waals surface area contributed by atoms with Gasteiger partial charge in [0.05, 0.1) is 19.8 Å². The second-order valence-corrected chi connectivity index (χ2v) is 5.26. The van der Waals surface area contributed by atoms with Gasteiger partial charge in [0.1, 0.15) is 17.2 Å². The Kier molecular flexibility index (Phi) is 6.83. The monoisotopic (exact) mass is 343 g/mol. The molecule has 0 bridgehead atoms. The summed E-state index contributed by atoms with van der Waals surface area (Å²) in [5.74, 6) is 1.45. The number of benzene rings is 2. The van der Waals surface area contributed by atoms with Gasteiger partial charge in [-0.15, -0.1) is 0 Å². The first-order valence-electron chi connectivity index (χ1n) is 7.82. The van der Waals surface area contributed by atoms with E-state index in [0.717, 1.165) is 11.3 Å². The predicted octanol–water partition coefficient (Wildman–Crippen LogP) is 2.25. The van der Waals surface area contributed by atoms with Crippen LogP contribution in [0.15, 0.2) is 42.5 Å². The van der Waals surface area contributed by atoms with Crippen molar-refractivity contribution in [3.05, 3.63) is 53.6 Å². The number of rotatable bonds is 9. The summed E-state index contributed by atoms with van der Waals surface area (Å²) < 4.78 is 15.6. The first-order chi connectivity index (χ1) is 12.2. The zero-order valence-corrected chi connectivity index (χ0v) is 14.3. The van der Waals surface area contributed by atoms with E-state index in [1.165, 1.54) is 7.11 Å². The quantitative estimate of drug-likeness (QED) is 0.707. The van der Waals surface area contributed by atoms with Crippen LogP contribution in [0.5, 0.6) is 17.2 Å². The van der Waals surface area contributed by atoms with Crippen molar-refractivity contribution in [1.29, 1.82) is 0 Å². The number of ether oxygens (including phenoxy) is 3. The highest BCUT2D eigenvalue weighted by atomic mass is 16.5. The first kappa shape index (κ1) is 18.3. The summed E-state index contributed by atoms with van der Waals surface area (Å²) >= 11 is 0. The fraction of sp³-hybridized carbons (Fsp3) is 0.263. The average Bonchev–Trinajstić information content (AvgIpc) is 2.66. The van der Waals surface area contributed by atoms with Gasteiger partial charge in [-0.2, -0.15) is 0 Å². The lowest BCUT2D eigenvalue weighted by molar-refractivity contribution is -0.123. The number of hydrogen-bond acceptors (Lipinski definition) is 5. The molecule has 0 aromatic heterocycles. The molecule has 1 N–H and O–H groups in total. The lowest BCUT2D eigenvalue weighted by atomic mass is 10.1. The topological polar surface area (TPSA) is 73.9 Å². The molecule has 0 radical (unpaired) electrons. The molecule has 0 atom stereocenters. The van der Waals surface area contributed by atoms with Crippen molar-refractivity contribution in [3.63, 3.8) is 0 Å². The van der Waals surface area contributed by atoms with E-state index in [-0.39, 0.29) is 12.5 Å². The average molecular weight is 343 g/mol. The molecule has 132 valence electrons. The molecule has 0 saturated heterocycles. The van der Waals surface area contributed by atoms with Gasteiger partial charge in [-0.05, 0) is 42.3 Å². The van der Waals surface area contributed by atoms with Crippen LogP contribution in [0.2, 0.25) is 0 Å². The molecule has 6 heteroatoms. The van der Waals surface area contributed by atoms with Gasteiger partial charge in [-0.25, -0.2) is 0 Å². The van der Waals surface area contributed by atoms with Gasteiger partial charge in [0.25, 0.3) is 5.91 Å². The SMILES string of the molecule is COc1ccc(CCNC(=O)COc2ccc(OC)cc2C=O)cc1. The van der Waals surface area contributed by atoms with Gasteiger partial charge in [0, 0.05) is 6.54 Å². The lowest BCUT2D eigenvalue weighted by Gasteiger charge is -2.10. The molecule has 0 unspecified atom stereocenters. The maximum Gasteiger partial charge on any atom is 0.257 e. The maximum atomic E-state index is 11.9. The normalized spacial score (nSPS) is 10.0. The van der Waals surface area contributed by atoms with Crippen LogP contribution in [-0.4, -0.2) is 39.6 Å². The molecule has 2 aromatic carbocycles. The number of amides is 1. The van der Waals surface area contributed by atoms with E-state index >= 15 is 0 Å². The molecule has 0 aliphatic carbocycles. The van der Waals surface area contributed by atoms with Crippen LogP contribution < -0.4 is 19.5 Å². The van der Waals surface area contributed by atoms with Crippen LogP contribution in [0.3, 0.4) is 0 Å². The molecule has 2 rings (SSSR count). The second kappa shape index (κ2) is 9.32. The number of carbonyl (C=O) groups excluding carboxylic acids is 2. The van der Waals surface area contributed by atoms with E-state index in [0.29, 0.717) is 36.3 Å². The minimum atomic E-state index is -0.249. The molecule has 0 heterocycles. The zero-order valence-electron chi connectivity index (χ0n) is 14.3. The van der Waals surface area contributed by atoms with Gasteiger partial charge in [-0.3, -0.25) is 9.59 Å². The summed E-state index contributed by atoms with van der Waals surface area (Å²) in [7, 11) is 3.13. The zero-order chi connectivity index (χ0) is 18.1. The van der Waals surface area contributed by atoms with Crippen molar-refractivity contribution >= 4 is 12.2 Å². The minimum Gasteiger partial charge on any atom is -0.497 e. The third-order valence-corrected chi connectivity index (χ3v) is 3.60.